The molecule has 5 nitrogen and oxygen atoms in total. The van der Waals surface area contributed by atoms with Crippen LogP contribution in [0.2, 0.25) is 0 Å². The van der Waals surface area contributed by atoms with Gasteiger partial charge in [-0.2, -0.15) is 5.26 Å². The Hall–Kier alpha value is -1.12. The van der Waals surface area contributed by atoms with Gasteiger partial charge in [-0.15, -0.1) is 0 Å². The van der Waals surface area contributed by atoms with Crippen molar-refractivity contribution < 1.29 is 14.4 Å². The lowest BCUT2D eigenvalue weighted by Crippen LogP contribution is -2.46. The molecule has 0 aromatic heterocycles. The molecule has 0 unspecified atom stereocenters. The Morgan fingerprint density at radius 3 is 2.44 bits per heavy atom. The number of carbonyl (C=O) groups is 1. The first-order valence-corrected chi connectivity index (χ1v) is 5.37. The highest BCUT2D eigenvalue weighted by molar-refractivity contribution is 5.84. The molecule has 0 aromatic carbocycles. The van der Waals surface area contributed by atoms with E-state index >= 15 is 0 Å². The standard InChI is InChI=1S/C11H18N2O3/c1-10(2,3)16-13-9(14)11(8-12)4-6-15-7-5-11/h4-7H2,1-3H3,(H,13,14). The molecule has 90 valence electrons. The zero-order chi connectivity index (χ0) is 12.2. The molecule has 1 N–H and O–H groups in total. The Morgan fingerprint density at radius 1 is 1.44 bits per heavy atom. The van der Waals surface area contributed by atoms with Crippen molar-refractivity contribution in [2.24, 2.45) is 5.41 Å². The number of nitrogens with zero attached hydrogens (tertiary/aromatic N) is 1. The fraction of sp³-hybridized carbons (Fsp3) is 0.818. The maximum atomic E-state index is 11.9. The number of nitriles is 1. The number of carbonyl (C=O) groups excluding carboxylic acids is 1. The van der Waals surface area contributed by atoms with E-state index < -0.39 is 11.0 Å². The summed E-state index contributed by atoms with van der Waals surface area (Å²) in [6.45, 7) is 6.37. The second-order valence-electron chi connectivity index (χ2n) is 4.95. The lowest BCUT2D eigenvalue weighted by atomic mass is 9.81. The fourth-order valence-electron chi connectivity index (χ4n) is 1.41. The minimum absolute atomic E-state index is 0.367. The molecule has 1 saturated heterocycles. The number of ether oxygens (including phenoxy) is 1. The normalized spacial score (nSPS) is 19.9. The van der Waals surface area contributed by atoms with Crippen molar-refractivity contribution in [3.63, 3.8) is 0 Å². The molecule has 0 radical (unpaired) electrons. The summed E-state index contributed by atoms with van der Waals surface area (Å²) in [6, 6.07) is 2.08. The first-order valence-electron chi connectivity index (χ1n) is 5.37. The number of amides is 1. The van der Waals surface area contributed by atoms with Crippen LogP contribution < -0.4 is 5.48 Å². The van der Waals surface area contributed by atoms with Crippen molar-refractivity contribution in [3.8, 4) is 6.07 Å². The van der Waals surface area contributed by atoms with E-state index in [9.17, 15) is 4.79 Å². The molecule has 1 aliphatic heterocycles. The van der Waals surface area contributed by atoms with E-state index in [4.69, 9.17) is 14.8 Å². The molecular formula is C11H18N2O3. The molecule has 16 heavy (non-hydrogen) atoms. The molecule has 5 heteroatoms. The van der Waals surface area contributed by atoms with Crippen LogP contribution in [0.3, 0.4) is 0 Å². The molecular weight excluding hydrogens is 208 g/mol. The first-order chi connectivity index (χ1) is 7.40. The molecule has 0 bridgehead atoms. The van der Waals surface area contributed by atoms with Crippen molar-refractivity contribution in [3.05, 3.63) is 0 Å². The molecule has 0 aliphatic carbocycles. The van der Waals surface area contributed by atoms with Crippen molar-refractivity contribution in [1.29, 1.82) is 5.26 Å². The lowest BCUT2D eigenvalue weighted by Gasteiger charge is -2.30. The maximum absolute atomic E-state index is 11.9. The van der Waals surface area contributed by atoms with E-state index in [1.54, 1.807) is 0 Å². The summed E-state index contributed by atoms with van der Waals surface area (Å²) in [5.41, 5.74) is 0.910. The van der Waals surface area contributed by atoms with Crippen LogP contribution in [0.25, 0.3) is 0 Å². The fourth-order valence-corrected chi connectivity index (χ4v) is 1.41. The third kappa shape index (κ3) is 3.19. The lowest BCUT2D eigenvalue weighted by molar-refractivity contribution is -0.156. The minimum atomic E-state index is -0.997. The average Bonchev–Trinajstić information content (AvgIpc) is 2.25. The number of rotatable bonds is 2. The molecule has 0 spiro atoms. The topological polar surface area (TPSA) is 71.3 Å². The smallest absolute Gasteiger partial charge is 0.264 e. The van der Waals surface area contributed by atoms with Gasteiger partial charge in [0.15, 0.2) is 0 Å². The molecule has 1 fully saturated rings. The number of hydroxylamine groups is 1. The van der Waals surface area contributed by atoms with Crippen LogP contribution in [0.5, 0.6) is 0 Å². The molecule has 0 aromatic rings. The van der Waals surface area contributed by atoms with Crippen LogP contribution in [-0.4, -0.2) is 24.7 Å². The Morgan fingerprint density at radius 2 is 2.00 bits per heavy atom. The van der Waals surface area contributed by atoms with Crippen LogP contribution in [0.1, 0.15) is 33.6 Å². The van der Waals surface area contributed by atoms with Crippen molar-refractivity contribution in [2.75, 3.05) is 13.2 Å². The summed E-state index contributed by atoms with van der Waals surface area (Å²) in [5, 5.41) is 9.12. The quantitative estimate of drug-likeness (QED) is 0.717. The Kier molecular flexibility index (Phi) is 3.89. The third-order valence-electron chi connectivity index (χ3n) is 2.44. The molecule has 1 rings (SSSR count). The van der Waals surface area contributed by atoms with Gasteiger partial charge in [0.25, 0.3) is 5.91 Å². The van der Waals surface area contributed by atoms with Crippen LogP contribution in [0, 0.1) is 16.7 Å². The van der Waals surface area contributed by atoms with Gasteiger partial charge in [-0.1, -0.05) is 0 Å². The van der Waals surface area contributed by atoms with Gasteiger partial charge in [0, 0.05) is 13.2 Å². The van der Waals surface area contributed by atoms with E-state index in [0.29, 0.717) is 26.1 Å². The Labute approximate surface area is 95.7 Å². The summed E-state index contributed by atoms with van der Waals surface area (Å²) >= 11 is 0. The zero-order valence-corrected chi connectivity index (χ0v) is 10.0. The van der Waals surface area contributed by atoms with E-state index in [1.807, 2.05) is 20.8 Å². The van der Waals surface area contributed by atoms with Crippen molar-refractivity contribution in [1.82, 2.24) is 5.48 Å². The summed E-state index contributed by atoms with van der Waals surface area (Å²) in [6.07, 6.45) is 0.839. The van der Waals surface area contributed by atoms with Crippen molar-refractivity contribution >= 4 is 5.91 Å². The van der Waals surface area contributed by atoms with Crippen LogP contribution >= 0.6 is 0 Å². The monoisotopic (exact) mass is 226 g/mol. The molecule has 1 amide bonds. The second-order valence-corrected chi connectivity index (χ2v) is 4.95. The van der Waals surface area contributed by atoms with Gasteiger partial charge in [-0.05, 0) is 33.6 Å². The largest absolute Gasteiger partial charge is 0.381 e. The van der Waals surface area contributed by atoms with Gasteiger partial charge in [0.05, 0.1) is 11.7 Å². The highest BCUT2D eigenvalue weighted by Gasteiger charge is 2.41. The molecule has 1 aliphatic rings. The summed E-state index contributed by atoms with van der Waals surface area (Å²) in [7, 11) is 0. The zero-order valence-electron chi connectivity index (χ0n) is 10.0. The summed E-state index contributed by atoms with van der Waals surface area (Å²) in [4.78, 5) is 17.1. The third-order valence-corrected chi connectivity index (χ3v) is 2.44. The van der Waals surface area contributed by atoms with Gasteiger partial charge in [-0.25, -0.2) is 5.48 Å². The van der Waals surface area contributed by atoms with Crippen LogP contribution in [-0.2, 0) is 14.4 Å². The maximum Gasteiger partial charge on any atom is 0.264 e. The Bertz CT molecular complexity index is 295. The van der Waals surface area contributed by atoms with Gasteiger partial charge in [-0.3, -0.25) is 9.63 Å². The van der Waals surface area contributed by atoms with E-state index in [0.717, 1.165) is 0 Å². The molecule has 0 atom stereocenters. The van der Waals surface area contributed by atoms with E-state index in [-0.39, 0.29) is 5.91 Å². The van der Waals surface area contributed by atoms with Gasteiger partial charge < -0.3 is 4.74 Å². The summed E-state index contributed by atoms with van der Waals surface area (Å²) < 4.78 is 5.15. The van der Waals surface area contributed by atoms with E-state index in [1.165, 1.54) is 0 Å². The predicted molar refractivity (Wildman–Crippen MR) is 57.1 cm³/mol. The van der Waals surface area contributed by atoms with Crippen LogP contribution in [0.4, 0.5) is 0 Å². The molecule has 1 heterocycles. The number of hydrogen-bond donors (Lipinski definition) is 1. The highest BCUT2D eigenvalue weighted by Crippen LogP contribution is 2.30. The number of hydrogen-bond acceptors (Lipinski definition) is 4. The average molecular weight is 226 g/mol. The Balaban J connectivity index is 2.60. The second kappa shape index (κ2) is 4.81. The highest BCUT2D eigenvalue weighted by atomic mass is 16.7. The van der Waals surface area contributed by atoms with Gasteiger partial charge >= 0.3 is 0 Å². The van der Waals surface area contributed by atoms with Crippen LogP contribution in [0.15, 0.2) is 0 Å². The number of nitrogens with one attached hydrogen (secondary N) is 1. The minimum Gasteiger partial charge on any atom is -0.381 e. The predicted octanol–water partition coefficient (Wildman–Crippen LogP) is 1.15. The first kappa shape index (κ1) is 12.9. The molecule has 0 saturated carbocycles. The van der Waals surface area contributed by atoms with Crippen molar-refractivity contribution in [2.45, 2.75) is 39.2 Å². The SMILES string of the molecule is CC(C)(C)ONC(=O)C1(C#N)CCOCC1. The summed E-state index contributed by atoms with van der Waals surface area (Å²) in [5.74, 6) is -0.367. The van der Waals surface area contributed by atoms with E-state index in [2.05, 4.69) is 11.5 Å². The van der Waals surface area contributed by atoms with Gasteiger partial charge in [0.2, 0.25) is 0 Å². The van der Waals surface area contributed by atoms with Gasteiger partial charge in [0.1, 0.15) is 5.41 Å².